The molecule has 0 spiro atoms. The van der Waals surface area contributed by atoms with E-state index in [-0.39, 0.29) is 12.6 Å². The molecule has 0 saturated heterocycles. The average molecular weight is 707 g/mol. The number of quaternary nitrogens is 1. The van der Waals surface area contributed by atoms with Crippen LogP contribution in [0.15, 0.2) is 24.3 Å². The van der Waals surface area contributed by atoms with E-state index in [1.54, 1.807) is 0 Å². The second kappa shape index (κ2) is 40.6. The molecule has 0 heterocycles. The van der Waals surface area contributed by atoms with Crippen LogP contribution in [0, 0.1) is 5.92 Å². The Kier molecular flexibility index (Phi) is 41.4. The van der Waals surface area contributed by atoms with Crippen molar-refractivity contribution < 1.29 is 19.5 Å². The molecule has 5 nitrogen and oxygen atoms in total. The monoisotopic (exact) mass is 707 g/mol. The predicted molar refractivity (Wildman–Crippen MR) is 219 cm³/mol. The van der Waals surface area contributed by atoms with Crippen LogP contribution < -0.4 is 10.8 Å². The summed E-state index contributed by atoms with van der Waals surface area (Å²) >= 11 is 0. The summed E-state index contributed by atoms with van der Waals surface area (Å²) in [5, 5.41) is 18.5. The lowest BCUT2D eigenvalue weighted by Crippen LogP contribution is -2.45. The smallest absolute Gasteiger partial charge is 0.0811 e. The summed E-state index contributed by atoms with van der Waals surface area (Å²) in [4.78, 5) is 8.89. The molecule has 0 fully saturated rings. The Bertz CT molecular complexity index is 732. The summed E-state index contributed by atoms with van der Waals surface area (Å²) in [6.45, 7) is 8.13. The first-order valence-electron chi connectivity index (χ1n) is 21.8. The number of aliphatic hydroxyl groups excluding tert-OH is 1. The number of carboxylic acid groups (broad SMARTS) is 1. The predicted octanol–water partition coefficient (Wildman–Crippen LogP) is 11.6. The number of unbranched alkanes of at least 4 members (excludes halogenated alkanes) is 24. The van der Waals surface area contributed by atoms with Gasteiger partial charge in [0.2, 0.25) is 0 Å². The summed E-state index contributed by atoms with van der Waals surface area (Å²) in [5.74, 6) is -0.456. The lowest BCUT2D eigenvalue weighted by Gasteiger charge is -2.34. The summed E-state index contributed by atoms with van der Waals surface area (Å²) < 4.78 is 1.10. The zero-order valence-electron chi connectivity index (χ0n) is 34.6. The number of rotatable bonds is 37. The van der Waals surface area contributed by atoms with Crippen molar-refractivity contribution in [2.45, 2.75) is 219 Å². The quantitative estimate of drug-likeness (QED) is 0.0382. The van der Waals surface area contributed by atoms with Crippen LogP contribution >= 0.6 is 0 Å². The van der Waals surface area contributed by atoms with Gasteiger partial charge >= 0.3 is 0 Å². The van der Waals surface area contributed by atoms with Gasteiger partial charge in [-0.2, -0.15) is 0 Å². The molecule has 0 aromatic rings. The Morgan fingerprint density at radius 3 is 1.28 bits per heavy atom. The first-order valence-corrected chi connectivity index (χ1v) is 21.8. The van der Waals surface area contributed by atoms with Crippen molar-refractivity contribution in [1.82, 2.24) is 0 Å². The molecule has 0 aromatic carbocycles. The van der Waals surface area contributed by atoms with Crippen LogP contribution in [0.4, 0.5) is 0 Å². The van der Waals surface area contributed by atoms with Crippen LogP contribution in [0.3, 0.4) is 0 Å². The number of hydrogen-bond acceptors (Lipinski definition) is 4. The molecule has 2 atom stereocenters. The van der Waals surface area contributed by atoms with Crippen LogP contribution in [0.2, 0.25) is 0 Å². The number of carbonyl (C=O) groups is 1. The molecule has 0 radical (unpaired) electrons. The summed E-state index contributed by atoms with van der Waals surface area (Å²) in [7, 11) is 4.83. The molecule has 0 aliphatic carbocycles. The molecule has 3 N–H and O–H groups in total. The van der Waals surface area contributed by atoms with Crippen molar-refractivity contribution in [3.63, 3.8) is 0 Å². The third-order valence-electron chi connectivity index (χ3n) is 10.0. The highest BCUT2D eigenvalue weighted by Crippen LogP contribution is 2.21. The van der Waals surface area contributed by atoms with Gasteiger partial charge in [0.25, 0.3) is 0 Å². The van der Waals surface area contributed by atoms with E-state index < -0.39 is 5.97 Å². The largest absolute Gasteiger partial charge is 0.550 e. The fraction of sp³-hybridized carbons (Fsp3) is 0.889. The summed E-state index contributed by atoms with van der Waals surface area (Å²) in [6.07, 6.45) is 50.2. The van der Waals surface area contributed by atoms with Crippen molar-refractivity contribution >= 4 is 5.97 Å². The lowest BCUT2D eigenvalue weighted by atomic mass is 9.92. The zero-order chi connectivity index (χ0) is 37.4. The highest BCUT2D eigenvalue weighted by Gasteiger charge is 2.23. The van der Waals surface area contributed by atoms with Crippen LogP contribution in [-0.4, -0.2) is 55.4 Å². The minimum absolute atomic E-state index is 0.0653. The minimum Gasteiger partial charge on any atom is -0.550 e. The molecule has 0 saturated carbocycles. The third-order valence-corrected chi connectivity index (χ3v) is 10.0. The standard InChI is InChI=1S/C43H87N2O.C2H4O2/c1-5-7-9-11-13-15-17-19-21-23-25-27-29-31-33-35-37-42(39-43(44)41-46)40-45(3,4)38-36-34-32-30-28-26-24-22-20-18-16-14-12-10-8-6-2;1-2(3)4/h19-22,42-43,46H,5-18,23-41,44H2,1-4H3;1H3,(H,3,4)/q+1;/p-1/b21-19-,22-20-;. The van der Waals surface area contributed by atoms with Gasteiger partial charge in [0, 0.05) is 17.9 Å². The maximum Gasteiger partial charge on any atom is 0.0811 e. The second-order valence-electron chi connectivity index (χ2n) is 16.0. The molecule has 50 heavy (non-hydrogen) atoms. The van der Waals surface area contributed by atoms with Crippen molar-refractivity contribution in [2.24, 2.45) is 11.7 Å². The number of aliphatic hydroxyl groups is 1. The van der Waals surface area contributed by atoms with E-state index in [2.05, 4.69) is 52.2 Å². The molecule has 0 rings (SSSR count). The second-order valence-corrected chi connectivity index (χ2v) is 16.0. The Morgan fingerprint density at radius 1 is 0.600 bits per heavy atom. The van der Waals surface area contributed by atoms with Gasteiger partial charge in [-0.3, -0.25) is 0 Å². The number of allylic oxidation sites excluding steroid dienone is 4. The number of carbonyl (C=O) groups excluding carboxylic acids is 1. The van der Waals surface area contributed by atoms with Crippen molar-refractivity contribution in [3.8, 4) is 0 Å². The Morgan fingerprint density at radius 2 is 0.920 bits per heavy atom. The fourth-order valence-corrected chi connectivity index (χ4v) is 7.04. The molecule has 0 aliphatic rings. The topological polar surface area (TPSA) is 86.4 Å². The first-order chi connectivity index (χ1) is 24.2. The molecule has 0 amide bonds. The zero-order valence-corrected chi connectivity index (χ0v) is 34.6. The molecule has 5 heteroatoms. The van der Waals surface area contributed by atoms with Crippen LogP contribution in [0.25, 0.3) is 0 Å². The Balaban J connectivity index is 0. The Labute approximate surface area is 313 Å². The van der Waals surface area contributed by atoms with Gasteiger partial charge < -0.3 is 25.2 Å². The van der Waals surface area contributed by atoms with Gasteiger partial charge in [-0.25, -0.2) is 0 Å². The highest BCUT2D eigenvalue weighted by molar-refractivity contribution is 5.60. The number of hydrogen-bond donors (Lipinski definition) is 2. The highest BCUT2D eigenvalue weighted by atomic mass is 16.4. The van der Waals surface area contributed by atoms with E-state index >= 15 is 0 Å². The van der Waals surface area contributed by atoms with Gasteiger partial charge in [0.1, 0.15) is 0 Å². The Hall–Kier alpha value is -1.17. The van der Waals surface area contributed by atoms with Gasteiger partial charge in [0.05, 0.1) is 33.8 Å². The SMILES string of the molecule is CC(=O)[O-].CCCCCCCC/C=C\CCCCCCCCC(CC(N)CO)C[N+](C)(C)CCCCCCCC/C=C\CCCCCCCC. The lowest BCUT2D eigenvalue weighted by molar-refractivity contribution is -0.894. The fourth-order valence-electron chi connectivity index (χ4n) is 7.04. The van der Waals surface area contributed by atoms with Gasteiger partial charge in [-0.05, 0) is 84.0 Å². The molecule has 2 unspecified atom stereocenters. The van der Waals surface area contributed by atoms with Crippen LogP contribution in [-0.2, 0) is 4.79 Å². The van der Waals surface area contributed by atoms with Crippen LogP contribution in [0.1, 0.15) is 213 Å². The van der Waals surface area contributed by atoms with Gasteiger partial charge in [0.15, 0.2) is 0 Å². The summed E-state index contributed by atoms with van der Waals surface area (Å²) in [6, 6.07) is -0.0653. The van der Waals surface area contributed by atoms with E-state index in [9.17, 15) is 5.11 Å². The molecular weight excluding hydrogens is 617 g/mol. The number of nitrogens with two attached hydrogens (primary N) is 1. The molecule has 0 aromatic heterocycles. The number of carboxylic acids is 1. The minimum atomic E-state index is -1.08. The van der Waals surface area contributed by atoms with Gasteiger partial charge in [-0.1, -0.05) is 154 Å². The molecular formula is C45H90N2O3. The maximum absolute atomic E-state index is 9.62. The van der Waals surface area contributed by atoms with Crippen molar-refractivity contribution in [2.75, 3.05) is 33.8 Å². The molecule has 0 aliphatic heterocycles. The van der Waals surface area contributed by atoms with Crippen molar-refractivity contribution in [3.05, 3.63) is 24.3 Å². The molecule has 298 valence electrons. The number of aliphatic carboxylic acids is 1. The van der Waals surface area contributed by atoms with E-state index in [0.29, 0.717) is 5.92 Å². The van der Waals surface area contributed by atoms with E-state index in [0.717, 1.165) is 17.8 Å². The maximum atomic E-state index is 9.62. The number of nitrogens with zero attached hydrogens (tertiary/aromatic N) is 1. The third kappa shape index (κ3) is 44.9. The van der Waals surface area contributed by atoms with Gasteiger partial charge in [-0.15, -0.1) is 0 Å². The normalized spacial score (nSPS) is 13.2. The average Bonchev–Trinajstić information content (AvgIpc) is 3.07. The first kappa shape index (κ1) is 50.9. The van der Waals surface area contributed by atoms with Crippen LogP contribution in [0.5, 0.6) is 0 Å². The summed E-state index contributed by atoms with van der Waals surface area (Å²) in [5.41, 5.74) is 6.23. The van der Waals surface area contributed by atoms with E-state index in [1.165, 1.54) is 199 Å². The van der Waals surface area contributed by atoms with Crippen molar-refractivity contribution in [1.29, 1.82) is 0 Å². The van der Waals surface area contributed by atoms with E-state index in [4.69, 9.17) is 15.6 Å². The van der Waals surface area contributed by atoms with E-state index in [1.807, 2.05) is 0 Å². The molecule has 0 bridgehead atoms.